The summed E-state index contributed by atoms with van der Waals surface area (Å²) in [6.07, 6.45) is 6.07. The number of benzene rings is 1. The molecule has 1 aromatic carbocycles. The maximum atomic E-state index is 13.8. The summed E-state index contributed by atoms with van der Waals surface area (Å²) in [7, 11) is 0. The maximum absolute atomic E-state index is 13.8. The van der Waals surface area contributed by atoms with Crippen molar-refractivity contribution in [3.8, 4) is 0 Å². The number of aryl methyl sites for hydroxylation is 2. The molecule has 134 valence electrons. The first-order chi connectivity index (χ1) is 12.6. The van der Waals surface area contributed by atoms with E-state index < -0.39 is 5.82 Å². The van der Waals surface area contributed by atoms with Gasteiger partial charge in [0.2, 0.25) is 5.91 Å². The summed E-state index contributed by atoms with van der Waals surface area (Å²) in [5, 5.41) is 4.78. The van der Waals surface area contributed by atoms with E-state index in [1.165, 1.54) is 47.2 Å². The van der Waals surface area contributed by atoms with Gasteiger partial charge in [-0.3, -0.25) is 4.79 Å². The first kappa shape index (κ1) is 17.7. The zero-order chi connectivity index (χ0) is 18.1. The molecule has 1 aliphatic rings. The lowest BCUT2D eigenvalue weighted by molar-refractivity contribution is -0.113. The van der Waals surface area contributed by atoms with Crippen LogP contribution in [0, 0.1) is 5.82 Å². The van der Waals surface area contributed by atoms with Crippen molar-refractivity contribution in [2.24, 2.45) is 0 Å². The zero-order valence-electron chi connectivity index (χ0n) is 13.7. The van der Waals surface area contributed by atoms with Crippen molar-refractivity contribution in [3.63, 3.8) is 0 Å². The van der Waals surface area contributed by atoms with Crippen molar-refractivity contribution in [1.29, 1.82) is 0 Å². The minimum absolute atomic E-state index is 0.126. The second-order valence-corrected chi connectivity index (χ2v) is 8.51. The molecule has 26 heavy (non-hydrogen) atoms. The van der Waals surface area contributed by atoms with Crippen LogP contribution in [0.1, 0.15) is 23.3 Å². The van der Waals surface area contributed by atoms with E-state index in [4.69, 9.17) is 11.6 Å². The normalized spacial score (nSPS) is 13.6. The minimum Gasteiger partial charge on any atom is -0.323 e. The third kappa shape index (κ3) is 3.56. The molecule has 2 heterocycles. The SMILES string of the molecule is O=C(CSc1ncnc2sc3c(c12)CCCC3)Nc1ccc(Cl)cc1F. The second-order valence-electron chi connectivity index (χ2n) is 6.03. The Morgan fingerprint density at radius 1 is 1.31 bits per heavy atom. The third-order valence-electron chi connectivity index (χ3n) is 4.26. The smallest absolute Gasteiger partial charge is 0.234 e. The largest absolute Gasteiger partial charge is 0.323 e. The van der Waals surface area contributed by atoms with Gasteiger partial charge in [0.15, 0.2) is 0 Å². The third-order valence-corrected chi connectivity index (χ3v) is 6.69. The van der Waals surface area contributed by atoms with Crippen LogP contribution in [-0.4, -0.2) is 21.6 Å². The molecule has 0 fully saturated rings. The van der Waals surface area contributed by atoms with Gasteiger partial charge in [0.25, 0.3) is 0 Å². The molecule has 0 bridgehead atoms. The zero-order valence-corrected chi connectivity index (χ0v) is 16.1. The highest BCUT2D eigenvalue weighted by molar-refractivity contribution is 8.00. The summed E-state index contributed by atoms with van der Waals surface area (Å²) in [4.78, 5) is 23.4. The van der Waals surface area contributed by atoms with Crippen LogP contribution < -0.4 is 5.32 Å². The van der Waals surface area contributed by atoms with Crippen LogP contribution in [0.25, 0.3) is 10.2 Å². The van der Waals surface area contributed by atoms with Gasteiger partial charge in [-0.2, -0.15) is 0 Å². The molecular weight excluding hydrogens is 393 g/mol. The molecule has 0 unspecified atom stereocenters. The van der Waals surface area contributed by atoms with Gasteiger partial charge in [-0.05, 0) is 49.4 Å². The minimum atomic E-state index is -0.549. The van der Waals surface area contributed by atoms with Gasteiger partial charge in [0.1, 0.15) is 22.0 Å². The Hall–Kier alpha value is -1.70. The fourth-order valence-electron chi connectivity index (χ4n) is 3.08. The first-order valence-electron chi connectivity index (χ1n) is 8.25. The Bertz CT molecular complexity index is 992. The number of halogens is 2. The van der Waals surface area contributed by atoms with Gasteiger partial charge < -0.3 is 5.32 Å². The number of rotatable bonds is 4. The van der Waals surface area contributed by atoms with Crippen molar-refractivity contribution >= 4 is 56.5 Å². The summed E-state index contributed by atoms with van der Waals surface area (Å²) < 4.78 is 13.8. The van der Waals surface area contributed by atoms with Crippen molar-refractivity contribution in [1.82, 2.24) is 9.97 Å². The maximum Gasteiger partial charge on any atom is 0.234 e. The number of thioether (sulfide) groups is 1. The average molecular weight is 408 g/mol. The molecular formula is C18H15ClFN3OS2. The van der Waals surface area contributed by atoms with Gasteiger partial charge in [0.05, 0.1) is 11.4 Å². The molecule has 1 N–H and O–H groups in total. The van der Waals surface area contributed by atoms with Crippen LogP contribution in [0.5, 0.6) is 0 Å². The molecule has 0 atom stereocenters. The van der Waals surface area contributed by atoms with E-state index in [2.05, 4.69) is 15.3 Å². The van der Waals surface area contributed by atoms with Gasteiger partial charge in [-0.1, -0.05) is 23.4 Å². The summed E-state index contributed by atoms with van der Waals surface area (Å²) in [6.45, 7) is 0. The Kier molecular flexibility index (Phi) is 5.11. The Morgan fingerprint density at radius 2 is 2.15 bits per heavy atom. The average Bonchev–Trinajstić information content (AvgIpc) is 3.01. The number of aromatic nitrogens is 2. The predicted molar refractivity (Wildman–Crippen MR) is 105 cm³/mol. The molecule has 0 radical (unpaired) electrons. The molecule has 0 aliphatic heterocycles. The standard InChI is InChI=1S/C18H15ClFN3OS2/c19-10-5-6-13(12(20)7-10)23-15(24)8-25-17-16-11-3-1-2-4-14(11)26-18(16)22-9-21-17/h5-7,9H,1-4,8H2,(H,23,24). The quantitative estimate of drug-likeness (QED) is 0.483. The molecule has 0 saturated heterocycles. The molecule has 4 rings (SSSR count). The van der Waals surface area contributed by atoms with Crippen molar-refractivity contribution < 1.29 is 9.18 Å². The van der Waals surface area contributed by atoms with E-state index in [0.29, 0.717) is 5.02 Å². The van der Waals surface area contributed by atoms with E-state index in [9.17, 15) is 9.18 Å². The predicted octanol–water partition coefficient (Wildman–Crippen LogP) is 5.09. The molecule has 4 nitrogen and oxygen atoms in total. The Labute approximate surface area is 163 Å². The lowest BCUT2D eigenvalue weighted by atomic mass is 9.97. The van der Waals surface area contributed by atoms with Crippen LogP contribution in [0.4, 0.5) is 10.1 Å². The van der Waals surface area contributed by atoms with Crippen LogP contribution in [-0.2, 0) is 17.6 Å². The second kappa shape index (κ2) is 7.50. The lowest BCUT2D eigenvalue weighted by Crippen LogP contribution is -2.15. The van der Waals surface area contributed by atoms with E-state index in [-0.39, 0.29) is 17.3 Å². The summed E-state index contributed by atoms with van der Waals surface area (Å²) in [5.41, 5.74) is 1.46. The molecule has 2 aromatic heterocycles. The van der Waals surface area contributed by atoms with Crippen LogP contribution in [0.2, 0.25) is 5.02 Å². The van der Waals surface area contributed by atoms with Crippen LogP contribution >= 0.6 is 34.7 Å². The highest BCUT2D eigenvalue weighted by Crippen LogP contribution is 2.39. The number of carbonyl (C=O) groups is 1. The number of hydrogen-bond acceptors (Lipinski definition) is 5. The van der Waals surface area contributed by atoms with Gasteiger partial charge in [-0.15, -0.1) is 11.3 Å². The number of anilines is 1. The van der Waals surface area contributed by atoms with Gasteiger partial charge in [0, 0.05) is 15.3 Å². The van der Waals surface area contributed by atoms with Crippen molar-refractivity contribution in [3.05, 3.63) is 45.8 Å². The van der Waals surface area contributed by atoms with E-state index in [0.717, 1.165) is 28.1 Å². The summed E-state index contributed by atoms with van der Waals surface area (Å²) >= 11 is 8.81. The van der Waals surface area contributed by atoms with Crippen LogP contribution in [0.3, 0.4) is 0 Å². The number of amides is 1. The van der Waals surface area contributed by atoms with Crippen LogP contribution in [0.15, 0.2) is 29.6 Å². The number of nitrogens with one attached hydrogen (secondary N) is 1. The fourth-order valence-corrected chi connectivity index (χ4v) is 5.36. The Morgan fingerprint density at radius 3 is 3.00 bits per heavy atom. The molecule has 8 heteroatoms. The molecule has 3 aromatic rings. The Balaban J connectivity index is 1.51. The van der Waals surface area contributed by atoms with Gasteiger partial charge in [-0.25, -0.2) is 14.4 Å². The molecule has 0 saturated carbocycles. The highest BCUT2D eigenvalue weighted by Gasteiger charge is 2.20. The molecule has 1 aliphatic carbocycles. The number of thiophene rings is 1. The number of fused-ring (bicyclic) bond motifs is 3. The van der Waals surface area contributed by atoms with E-state index in [1.807, 2.05) is 0 Å². The fraction of sp³-hybridized carbons (Fsp3) is 0.278. The monoisotopic (exact) mass is 407 g/mol. The first-order valence-corrected chi connectivity index (χ1v) is 10.4. The lowest BCUT2D eigenvalue weighted by Gasteiger charge is -2.11. The van der Waals surface area contributed by atoms with Gasteiger partial charge >= 0.3 is 0 Å². The molecule has 0 spiro atoms. The van der Waals surface area contributed by atoms with Crippen molar-refractivity contribution in [2.75, 3.05) is 11.1 Å². The van der Waals surface area contributed by atoms with Crippen molar-refractivity contribution in [2.45, 2.75) is 30.7 Å². The molecule has 1 amide bonds. The van der Waals surface area contributed by atoms with E-state index >= 15 is 0 Å². The number of carbonyl (C=O) groups excluding carboxylic acids is 1. The number of nitrogens with zero attached hydrogens (tertiary/aromatic N) is 2. The summed E-state index contributed by atoms with van der Waals surface area (Å²) in [5.74, 6) is -0.682. The highest BCUT2D eigenvalue weighted by atomic mass is 35.5. The number of hydrogen-bond donors (Lipinski definition) is 1. The van der Waals surface area contributed by atoms with E-state index in [1.54, 1.807) is 23.7 Å². The topological polar surface area (TPSA) is 54.9 Å². The summed E-state index contributed by atoms with van der Waals surface area (Å²) in [6, 6.07) is 4.17.